The van der Waals surface area contributed by atoms with Gasteiger partial charge in [0.15, 0.2) is 0 Å². The predicted molar refractivity (Wildman–Crippen MR) is 81.4 cm³/mol. The minimum Gasteiger partial charge on any atom is -0.381 e. The van der Waals surface area contributed by atoms with E-state index in [0.29, 0.717) is 24.7 Å². The molecule has 0 radical (unpaired) electrons. The van der Waals surface area contributed by atoms with Crippen LogP contribution in [0.5, 0.6) is 0 Å². The maximum absolute atomic E-state index is 12.7. The molecule has 2 heterocycles. The molecule has 1 aliphatic rings. The Kier molecular flexibility index (Phi) is 5.43. The Hall–Kier alpha value is -0.890. The lowest BCUT2D eigenvalue weighted by molar-refractivity contribution is 0.0632. The van der Waals surface area contributed by atoms with Gasteiger partial charge in [-0.1, -0.05) is 6.92 Å². The van der Waals surface area contributed by atoms with Gasteiger partial charge in [-0.25, -0.2) is 8.42 Å². The average molecular weight is 315 g/mol. The number of sulfonamides is 1. The molecule has 1 saturated heterocycles. The molecule has 7 heteroatoms. The number of aromatic nitrogens is 1. The van der Waals surface area contributed by atoms with Crippen LogP contribution in [0.3, 0.4) is 0 Å². The van der Waals surface area contributed by atoms with Crippen LogP contribution in [-0.4, -0.2) is 43.6 Å². The van der Waals surface area contributed by atoms with E-state index in [1.165, 1.54) is 4.31 Å². The van der Waals surface area contributed by atoms with Gasteiger partial charge in [0.1, 0.15) is 4.90 Å². The molecule has 0 spiro atoms. The second-order valence-corrected chi connectivity index (χ2v) is 7.43. The van der Waals surface area contributed by atoms with Gasteiger partial charge in [-0.05, 0) is 25.3 Å². The molecule has 0 aromatic carbocycles. The first-order valence-corrected chi connectivity index (χ1v) is 8.89. The maximum Gasteiger partial charge on any atom is 0.244 e. The minimum atomic E-state index is -3.47. The van der Waals surface area contributed by atoms with Crippen LogP contribution in [0.15, 0.2) is 17.2 Å². The Morgan fingerprint density at radius 3 is 2.67 bits per heavy atom. The molecule has 1 aromatic heterocycles. The number of hydrogen-bond donors (Lipinski definition) is 1. The van der Waals surface area contributed by atoms with E-state index in [4.69, 9.17) is 10.5 Å². The second kappa shape index (κ2) is 6.91. The molecular weight excluding hydrogens is 290 g/mol. The molecule has 1 aromatic rings. The van der Waals surface area contributed by atoms with Crippen LogP contribution < -0.4 is 5.73 Å². The van der Waals surface area contributed by atoms with Gasteiger partial charge in [-0.2, -0.15) is 4.31 Å². The normalized spacial score (nSPS) is 17.5. The van der Waals surface area contributed by atoms with Crippen molar-refractivity contribution in [3.8, 4) is 0 Å². The molecule has 120 valence electrons. The highest BCUT2D eigenvalue weighted by Gasteiger charge is 2.30. The summed E-state index contributed by atoms with van der Waals surface area (Å²) in [5.74, 6) is 0. The zero-order valence-electron chi connectivity index (χ0n) is 12.8. The van der Waals surface area contributed by atoms with Crippen molar-refractivity contribution in [3.05, 3.63) is 18.0 Å². The van der Waals surface area contributed by atoms with Crippen LogP contribution in [0, 0.1) is 0 Å². The van der Waals surface area contributed by atoms with Gasteiger partial charge in [-0.3, -0.25) is 0 Å². The molecule has 1 aliphatic heterocycles. The van der Waals surface area contributed by atoms with Crippen molar-refractivity contribution < 1.29 is 13.2 Å². The fraction of sp³-hybridized carbons (Fsp3) is 0.714. The van der Waals surface area contributed by atoms with Gasteiger partial charge in [-0.15, -0.1) is 0 Å². The van der Waals surface area contributed by atoms with E-state index in [-0.39, 0.29) is 6.04 Å². The number of aryl methyl sites for hydroxylation is 1. The van der Waals surface area contributed by atoms with Crippen LogP contribution >= 0.6 is 0 Å². The van der Waals surface area contributed by atoms with E-state index in [2.05, 4.69) is 6.92 Å². The van der Waals surface area contributed by atoms with E-state index >= 15 is 0 Å². The standard InChI is InChI=1S/C14H25N3O3S/c1-3-6-17-11-14(9-13(17)10-15)21(18,19)16(2)12-4-7-20-8-5-12/h9,11-12H,3-8,10,15H2,1-2H3. The summed E-state index contributed by atoms with van der Waals surface area (Å²) in [7, 11) is -1.81. The lowest BCUT2D eigenvalue weighted by Gasteiger charge is -2.30. The van der Waals surface area contributed by atoms with Crippen molar-refractivity contribution in [1.82, 2.24) is 8.87 Å². The van der Waals surface area contributed by atoms with Crippen LogP contribution in [-0.2, 0) is 27.8 Å². The van der Waals surface area contributed by atoms with Crippen molar-refractivity contribution >= 4 is 10.0 Å². The summed E-state index contributed by atoms with van der Waals surface area (Å²) >= 11 is 0. The minimum absolute atomic E-state index is 0.0135. The Balaban J connectivity index is 2.25. The molecule has 21 heavy (non-hydrogen) atoms. The largest absolute Gasteiger partial charge is 0.381 e. The maximum atomic E-state index is 12.7. The van der Waals surface area contributed by atoms with Crippen LogP contribution in [0.4, 0.5) is 0 Å². The van der Waals surface area contributed by atoms with Gasteiger partial charge in [0.2, 0.25) is 10.0 Å². The first-order chi connectivity index (χ1) is 10.0. The molecule has 0 saturated carbocycles. The summed E-state index contributed by atoms with van der Waals surface area (Å²) in [6, 6.07) is 1.71. The van der Waals surface area contributed by atoms with Gasteiger partial charge >= 0.3 is 0 Å². The lowest BCUT2D eigenvalue weighted by atomic mass is 10.1. The van der Waals surface area contributed by atoms with Gasteiger partial charge in [0.05, 0.1) is 0 Å². The van der Waals surface area contributed by atoms with Crippen molar-refractivity contribution in [2.45, 2.75) is 50.2 Å². The monoisotopic (exact) mass is 315 g/mol. The molecule has 0 amide bonds. The summed E-state index contributed by atoms with van der Waals surface area (Å²) in [4.78, 5) is 0.338. The lowest BCUT2D eigenvalue weighted by Crippen LogP contribution is -2.40. The van der Waals surface area contributed by atoms with E-state index in [1.807, 2.05) is 4.57 Å². The summed E-state index contributed by atoms with van der Waals surface area (Å²) in [6.07, 6.45) is 4.14. The van der Waals surface area contributed by atoms with E-state index in [1.54, 1.807) is 19.3 Å². The molecular formula is C14H25N3O3S. The number of ether oxygens (including phenoxy) is 1. The summed E-state index contributed by atoms with van der Waals surface area (Å²) < 4.78 is 34.2. The number of nitrogens with two attached hydrogens (primary N) is 1. The summed E-state index contributed by atoms with van der Waals surface area (Å²) in [5, 5.41) is 0. The molecule has 0 atom stereocenters. The fourth-order valence-corrected chi connectivity index (χ4v) is 4.18. The molecule has 2 rings (SSSR count). The predicted octanol–water partition coefficient (Wildman–Crippen LogP) is 1.16. The smallest absolute Gasteiger partial charge is 0.244 e. The van der Waals surface area contributed by atoms with Crippen molar-refractivity contribution in [2.75, 3.05) is 20.3 Å². The average Bonchev–Trinajstić information content (AvgIpc) is 2.91. The van der Waals surface area contributed by atoms with Gasteiger partial charge in [0.25, 0.3) is 0 Å². The van der Waals surface area contributed by atoms with Crippen LogP contribution in [0.25, 0.3) is 0 Å². The molecule has 2 N–H and O–H groups in total. The molecule has 0 aliphatic carbocycles. The van der Waals surface area contributed by atoms with E-state index in [0.717, 1.165) is 31.5 Å². The molecule has 0 bridgehead atoms. The highest BCUT2D eigenvalue weighted by atomic mass is 32.2. The van der Waals surface area contributed by atoms with Crippen molar-refractivity contribution in [3.63, 3.8) is 0 Å². The molecule has 1 fully saturated rings. The quantitative estimate of drug-likeness (QED) is 0.854. The van der Waals surface area contributed by atoms with Gasteiger partial charge < -0.3 is 15.0 Å². The molecule has 6 nitrogen and oxygen atoms in total. The summed E-state index contributed by atoms with van der Waals surface area (Å²) in [6.45, 7) is 4.42. The van der Waals surface area contributed by atoms with Gasteiger partial charge in [0, 0.05) is 51.3 Å². The van der Waals surface area contributed by atoms with Crippen LogP contribution in [0.2, 0.25) is 0 Å². The third kappa shape index (κ3) is 3.48. The first kappa shape index (κ1) is 16.5. The Labute approximate surface area is 126 Å². The van der Waals surface area contributed by atoms with Crippen LogP contribution in [0.1, 0.15) is 31.9 Å². The number of nitrogens with zero attached hydrogens (tertiary/aromatic N) is 2. The first-order valence-electron chi connectivity index (χ1n) is 7.45. The van der Waals surface area contributed by atoms with Crippen molar-refractivity contribution in [2.24, 2.45) is 5.73 Å². The zero-order valence-corrected chi connectivity index (χ0v) is 13.6. The highest BCUT2D eigenvalue weighted by molar-refractivity contribution is 7.89. The Morgan fingerprint density at radius 2 is 2.10 bits per heavy atom. The Bertz CT molecular complexity index is 562. The SMILES string of the molecule is CCCn1cc(S(=O)(=O)N(C)C2CCOCC2)cc1CN. The Morgan fingerprint density at radius 1 is 1.43 bits per heavy atom. The van der Waals surface area contributed by atoms with Crippen molar-refractivity contribution in [1.29, 1.82) is 0 Å². The third-order valence-electron chi connectivity index (χ3n) is 4.02. The summed E-state index contributed by atoms with van der Waals surface area (Å²) in [5.41, 5.74) is 6.57. The molecule has 0 unspecified atom stereocenters. The van der Waals surface area contributed by atoms with E-state index in [9.17, 15) is 8.42 Å². The topological polar surface area (TPSA) is 77.6 Å². The number of rotatable bonds is 6. The fourth-order valence-electron chi connectivity index (χ4n) is 2.70. The zero-order chi connectivity index (χ0) is 15.5. The third-order valence-corrected chi connectivity index (χ3v) is 5.89. The van der Waals surface area contributed by atoms with E-state index < -0.39 is 10.0 Å². The second-order valence-electron chi connectivity index (χ2n) is 5.43. The number of hydrogen-bond acceptors (Lipinski definition) is 4. The highest BCUT2D eigenvalue weighted by Crippen LogP contribution is 2.23.